The Bertz CT molecular complexity index is 252. The van der Waals surface area contributed by atoms with Crippen LogP contribution in [0.4, 0.5) is 0 Å². The van der Waals surface area contributed by atoms with Crippen molar-refractivity contribution >= 4 is 0 Å². The van der Waals surface area contributed by atoms with Crippen molar-refractivity contribution < 1.29 is 17.1 Å². The Hall–Kier alpha value is -0.931. The van der Waals surface area contributed by atoms with Gasteiger partial charge >= 0.3 is 0 Å². The quantitative estimate of drug-likeness (QED) is 0.652. The van der Waals surface area contributed by atoms with E-state index in [1.807, 2.05) is 24.3 Å². The number of hydrogen-bond acceptors (Lipinski definition) is 3. The van der Waals surface area contributed by atoms with Crippen LogP contribution in [-0.2, 0) is 17.1 Å². The van der Waals surface area contributed by atoms with E-state index in [-0.39, 0.29) is 23.0 Å². The number of aromatic amines is 1. The molecule has 1 aromatic heterocycles. The van der Waals surface area contributed by atoms with Gasteiger partial charge < -0.3 is 0 Å². The number of hydrogen-bond donors (Lipinski definition) is 1. The molecule has 1 aromatic rings. The van der Waals surface area contributed by atoms with Crippen molar-refractivity contribution in [2.24, 2.45) is 0 Å². The van der Waals surface area contributed by atoms with Gasteiger partial charge in [-0.25, -0.2) is 5.10 Å². The number of rotatable bonds is 1. The zero-order valence-electron chi connectivity index (χ0n) is 5.58. The van der Waals surface area contributed by atoms with Crippen LogP contribution in [-0.4, -0.2) is 20.6 Å². The SMILES string of the molecule is C1=CC(c2nnn[nH]2)C=C1.[Fe]. The van der Waals surface area contributed by atoms with Crippen molar-refractivity contribution in [3.63, 3.8) is 0 Å². The van der Waals surface area contributed by atoms with Crippen LogP contribution >= 0.6 is 0 Å². The molecule has 0 fully saturated rings. The van der Waals surface area contributed by atoms with Gasteiger partial charge in [0.25, 0.3) is 0 Å². The molecule has 0 aromatic carbocycles. The topological polar surface area (TPSA) is 54.5 Å². The largest absolute Gasteiger partial charge is 0.242 e. The van der Waals surface area contributed by atoms with Crippen LogP contribution in [0, 0.1) is 0 Å². The van der Waals surface area contributed by atoms with Crippen LogP contribution in [0.25, 0.3) is 0 Å². The van der Waals surface area contributed by atoms with Crippen LogP contribution in [0.15, 0.2) is 24.3 Å². The number of tetrazole rings is 1. The predicted molar refractivity (Wildman–Crippen MR) is 35.2 cm³/mol. The van der Waals surface area contributed by atoms with Crippen LogP contribution in [0.2, 0.25) is 0 Å². The van der Waals surface area contributed by atoms with E-state index in [0.29, 0.717) is 0 Å². The first kappa shape index (κ1) is 8.17. The molecule has 11 heavy (non-hydrogen) atoms. The summed E-state index contributed by atoms with van der Waals surface area (Å²) in [7, 11) is 0. The van der Waals surface area contributed by atoms with Gasteiger partial charge in [0, 0.05) is 17.1 Å². The molecular formula is C6H6FeN4. The first-order valence-corrected chi connectivity index (χ1v) is 3.05. The van der Waals surface area contributed by atoms with Crippen LogP contribution in [0.3, 0.4) is 0 Å². The van der Waals surface area contributed by atoms with Gasteiger partial charge in [-0.15, -0.1) is 5.10 Å². The Balaban J connectivity index is 0.000000605. The fourth-order valence-corrected chi connectivity index (χ4v) is 0.922. The molecule has 0 spiro atoms. The van der Waals surface area contributed by atoms with Gasteiger partial charge in [0.2, 0.25) is 0 Å². The first-order chi connectivity index (χ1) is 4.97. The number of nitrogens with zero attached hydrogens (tertiary/aromatic N) is 3. The summed E-state index contributed by atoms with van der Waals surface area (Å²) in [5, 5.41) is 13.4. The molecule has 0 aliphatic heterocycles. The van der Waals surface area contributed by atoms with Crippen molar-refractivity contribution in [1.82, 2.24) is 20.6 Å². The fraction of sp³-hybridized carbons (Fsp3) is 0.167. The average molecular weight is 190 g/mol. The smallest absolute Gasteiger partial charge is 0.159 e. The molecule has 0 radical (unpaired) electrons. The van der Waals surface area contributed by atoms with Crippen molar-refractivity contribution in [1.29, 1.82) is 0 Å². The Morgan fingerprint density at radius 1 is 1.27 bits per heavy atom. The van der Waals surface area contributed by atoms with E-state index < -0.39 is 0 Å². The molecule has 1 N–H and O–H groups in total. The first-order valence-electron chi connectivity index (χ1n) is 3.05. The molecule has 0 unspecified atom stereocenters. The number of aromatic nitrogens is 4. The molecule has 58 valence electrons. The maximum atomic E-state index is 3.78. The van der Waals surface area contributed by atoms with Crippen molar-refractivity contribution in [3.8, 4) is 0 Å². The molecule has 1 aliphatic rings. The van der Waals surface area contributed by atoms with Gasteiger partial charge in [-0.3, -0.25) is 0 Å². The molecule has 1 heterocycles. The van der Waals surface area contributed by atoms with Gasteiger partial charge in [-0.05, 0) is 10.4 Å². The minimum Gasteiger partial charge on any atom is -0.242 e. The standard InChI is InChI=1S/C6H6N4.Fe/c1-2-4-5(3-1)6-7-9-10-8-6;/h1-5H,(H,7,8,9,10);. The molecule has 2 rings (SSSR count). The summed E-state index contributed by atoms with van der Waals surface area (Å²) in [4.78, 5) is 0. The van der Waals surface area contributed by atoms with Gasteiger partial charge in [0.15, 0.2) is 5.82 Å². The predicted octanol–water partition coefficient (Wildman–Crippen LogP) is 0.407. The summed E-state index contributed by atoms with van der Waals surface area (Å²) in [6.07, 6.45) is 8.02. The van der Waals surface area contributed by atoms with E-state index in [1.54, 1.807) is 0 Å². The molecular weight excluding hydrogens is 184 g/mol. The second-order valence-electron chi connectivity index (χ2n) is 2.08. The molecule has 0 amide bonds. The van der Waals surface area contributed by atoms with Crippen molar-refractivity contribution in [3.05, 3.63) is 30.1 Å². The maximum absolute atomic E-state index is 3.78. The van der Waals surface area contributed by atoms with Crippen molar-refractivity contribution in [2.45, 2.75) is 5.92 Å². The summed E-state index contributed by atoms with van der Waals surface area (Å²) in [5.41, 5.74) is 0. The summed E-state index contributed by atoms with van der Waals surface area (Å²) in [5.74, 6) is 1.04. The van der Waals surface area contributed by atoms with E-state index in [4.69, 9.17) is 0 Å². The van der Waals surface area contributed by atoms with Gasteiger partial charge in [0.05, 0.1) is 5.92 Å². The van der Waals surface area contributed by atoms with Crippen LogP contribution < -0.4 is 0 Å². The van der Waals surface area contributed by atoms with E-state index in [9.17, 15) is 0 Å². The van der Waals surface area contributed by atoms with E-state index in [1.165, 1.54) is 0 Å². The molecule has 0 bridgehead atoms. The maximum Gasteiger partial charge on any atom is 0.159 e. The third kappa shape index (κ3) is 1.56. The number of nitrogens with one attached hydrogen (secondary N) is 1. The summed E-state index contributed by atoms with van der Waals surface area (Å²) >= 11 is 0. The second-order valence-corrected chi connectivity index (χ2v) is 2.08. The minimum atomic E-state index is 0. The van der Waals surface area contributed by atoms with Crippen LogP contribution in [0.5, 0.6) is 0 Å². The number of H-pyrrole nitrogens is 1. The van der Waals surface area contributed by atoms with E-state index >= 15 is 0 Å². The zero-order chi connectivity index (χ0) is 6.81. The molecule has 0 saturated carbocycles. The van der Waals surface area contributed by atoms with Gasteiger partial charge in [-0.2, -0.15) is 0 Å². The average Bonchev–Trinajstić information content (AvgIpc) is 2.59. The summed E-state index contributed by atoms with van der Waals surface area (Å²) < 4.78 is 0. The Morgan fingerprint density at radius 3 is 2.55 bits per heavy atom. The minimum absolute atomic E-state index is 0. The van der Waals surface area contributed by atoms with Gasteiger partial charge in [-0.1, -0.05) is 24.3 Å². The summed E-state index contributed by atoms with van der Waals surface area (Å²) in [6, 6.07) is 0. The molecule has 0 saturated heterocycles. The molecule has 1 aliphatic carbocycles. The Labute approximate surface area is 74.2 Å². The number of allylic oxidation sites excluding steroid dienone is 4. The van der Waals surface area contributed by atoms with Crippen molar-refractivity contribution in [2.75, 3.05) is 0 Å². The monoisotopic (exact) mass is 190 g/mol. The third-order valence-electron chi connectivity index (χ3n) is 1.43. The molecule has 5 heteroatoms. The Morgan fingerprint density at radius 2 is 2.00 bits per heavy atom. The third-order valence-corrected chi connectivity index (χ3v) is 1.43. The van der Waals surface area contributed by atoms with Gasteiger partial charge in [0.1, 0.15) is 0 Å². The van der Waals surface area contributed by atoms with E-state index in [2.05, 4.69) is 20.6 Å². The zero-order valence-corrected chi connectivity index (χ0v) is 6.69. The fourth-order valence-electron chi connectivity index (χ4n) is 0.922. The Kier molecular flexibility index (Phi) is 2.57. The normalized spacial score (nSPS) is 15.3. The molecule has 0 atom stereocenters. The van der Waals surface area contributed by atoms with Crippen LogP contribution in [0.1, 0.15) is 11.7 Å². The van der Waals surface area contributed by atoms with E-state index in [0.717, 1.165) is 5.82 Å². The summed E-state index contributed by atoms with van der Waals surface area (Å²) in [6.45, 7) is 0. The molecule has 4 nitrogen and oxygen atoms in total. The second kappa shape index (κ2) is 3.46.